The molecule has 0 spiro atoms. The van der Waals surface area contributed by atoms with Gasteiger partial charge in [0.25, 0.3) is 0 Å². The van der Waals surface area contributed by atoms with E-state index >= 15 is 0 Å². The van der Waals surface area contributed by atoms with E-state index in [-0.39, 0.29) is 0 Å². The molecular weight excluding hydrogens is 169 g/mol. The Morgan fingerprint density at radius 1 is 1.80 bits per heavy atom. The van der Waals surface area contributed by atoms with Crippen molar-refractivity contribution in [1.82, 2.24) is 5.32 Å². The van der Waals surface area contributed by atoms with Crippen molar-refractivity contribution in [3.63, 3.8) is 0 Å². The van der Waals surface area contributed by atoms with Crippen LogP contribution in [-0.2, 0) is 0 Å². The first-order valence-corrected chi connectivity index (χ1v) is 3.73. The fourth-order valence-corrected chi connectivity index (χ4v) is 0.839. The Balaban J connectivity index is 2.19. The summed E-state index contributed by atoms with van der Waals surface area (Å²) in [7, 11) is 1.98. The quantitative estimate of drug-likeness (QED) is 0.575. The summed E-state index contributed by atoms with van der Waals surface area (Å²) in [4.78, 5) is 0. The van der Waals surface area contributed by atoms with E-state index in [1.807, 2.05) is 7.05 Å². The molecule has 1 N–H and O–H groups in total. The molecule has 0 aliphatic carbocycles. The average Bonchev–Trinajstić information content (AvgIpc) is 1.41. The number of rotatable bonds is 2. The van der Waals surface area contributed by atoms with Crippen LogP contribution in [0, 0.1) is 0 Å². The Hall–Kier alpha value is 0.759. The number of hydrogen-bond acceptors (Lipinski definition) is 1. The van der Waals surface area contributed by atoms with E-state index in [1.54, 1.807) is 22.5 Å². The van der Waals surface area contributed by atoms with Crippen molar-refractivity contribution >= 4 is 22.5 Å². The minimum atomic E-state index is 1.18. The molecule has 0 aliphatic rings. The molecular formula is C3H8NSn. The van der Waals surface area contributed by atoms with Crippen LogP contribution in [0.2, 0.25) is 4.44 Å². The van der Waals surface area contributed by atoms with Crippen LogP contribution in [0.3, 0.4) is 0 Å². The van der Waals surface area contributed by atoms with Gasteiger partial charge in [-0.3, -0.25) is 0 Å². The maximum atomic E-state index is 3.04. The van der Waals surface area contributed by atoms with Gasteiger partial charge >= 0.3 is 45.9 Å². The fourth-order valence-electron chi connectivity index (χ4n) is 0.125. The Morgan fingerprint density at radius 3 is 2.40 bits per heavy atom. The normalized spacial score (nSPS) is 8.40. The molecule has 0 saturated heterocycles. The average molecular weight is 177 g/mol. The van der Waals surface area contributed by atoms with Crippen molar-refractivity contribution in [2.45, 2.75) is 4.44 Å². The molecule has 0 atom stereocenters. The second kappa shape index (κ2) is 4.76. The molecule has 2 heteroatoms. The molecule has 0 aromatic carbocycles. The molecule has 5 heavy (non-hydrogen) atoms. The summed E-state index contributed by atoms with van der Waals surface area (Å²) in [5.41, 5.74) is 0. The van der Waals surface area contributed by atoms with Crippen LogP contribution in [0.15, 0.2) is 0 Å². The van der Waals surface area contributed by atoms with E-state index in [0.717, 1.165) is 0 Å². The third kappa shape index (κ3) is 4.76. The SMILES string of the molecule is CNC[CH2][Sn]. The standard InChI is InChI=1S/C3H8N.Sn/c1-3-4-2;/h4H,1,3H2,2H3;. The van der Waals surface area contributed by atoms with E-state index in [1.165, 1.54) is 11.0 Å². The Bertz CT molecular complexity index is 14.4. The molecule has 0 aromatic heterocycles. The van der Waals surface area contributed by atoms with Crippen molar-refractivity contribution in [1.29, 1.82) is 0 Å². The molecule has 0 heterocycles. The second-order valence-corrected chi connectivity index (χ2v) is 2.28. The van der Waals surface area contributed by atoms with Gasteiger partial charge < -0.3 is 0 Å². The Morgan fingerprint density at radius 2 is 2.40 bits per heavy atom. The first-order chi connectivity index (χ1) is 2.41. The van der Waals surface area contributed by atoms with Crippen molar-refractivity contribution in [2.24, 2.45) is 0 Å². The van der Waals surface area contributed by atoms with E-state index in [0.29, 0.717) is 0 Å². The van der Waals surface area contributed by atoms with Crippen LogP contribution in [-0.4, -0.2) is 36.1 Å². The molecule has 0 saturated carbocycles. The zero-order valence-electron chi connectivity index (χ0n) is 3.41. The zero-order chi connectivity index (χ0) is 4.12. The summed E-state index contributed by atoms with van der Waals surface area (Å²) in [6.07, 6.45) is 0. The molecule has 0 rings (SSSR count). The van der Waals surface area contributed by atoms with Crippen LogP contribution < -0.4 is 5.32 Å². The van der Waals surface area contributed by atoms with Crippen LogP contribution in [0.4, 0.5) is 0 Å². The monoisotopic (exact) mass is 178 g/mol. The molecule has 1 nitrogen and oxygen atoms in total. The summed E-state index contributed by atoms with van der Waals surface area (Å²) >= 11 is 1.62. The minimum absolute atomic E-state index is 1.18. The summed E-state index contributed by atoms with van der Waals surface area (Å²) in [5, 5.41) is 3.04. The predicted octanol–water partition coefficient (Wildman–Crippen LogP) is -0.207. The van der Waals surface area contributed by atoms with E-state index in [9.17, 15) is 0 Å². The summed E-state index contributed by atoms with van der Waals surface area (Å²) in [6, 6.07) is 0. The molecule has 3 radical (unpaired) electrons. The Kier molecular flexibility index (Phi) is 5.48. The van der Waals surface area contributed by atoms with E-state index in [4.69, 9.17) is 0 Å². The zero-order valence-corrected chi connectivity index (χ0v) is 6.27. The van der Waals surface area contributed by atoms with Crippen LogP contribution in [0.5, 0.6) is 0 Å². The van der Waals surface area contributed by atoms with Crippen molar-refractivity contribution in [3.8, 4) is 0 Å². The van der Waals surface area contributed by atoms with Gasteiger partial charge in [-0.25, -0.2) is 0 Å². The number of hydrogen-bond donors (Lipinski definition) is 1. The van der Waals surface area contributed by atoms with Gasteiger partial charge in [-0.1, -0.05) is 0 Å². The van der Waals surface area contributed by atoms with E-state index in [2.05, 4.69) is 5.32 Å². The van der Waals surface area contributed by atoms with Crippen LogP contribution in [0.1, 0.15) is 0 Å². The van der Waals surface area contributed by atoms with Gasteiger partial charge in [-0.2, -0.15) is 0 Å². The summed E-state index contributed by atoms with van der Waals surface area (Å²) < 4.78 is 1.32. The van der Waals surface area contributed by atoms with E-state index < -0.39 is 0 Å². The molecule has 0 aliphatic heterocycles. The van der Waals surface area contributed by atoms with Crippen molar-refractivity contribution in [2.75, 3.05) is 13.6 Å². The second-order valence-electron chi connectivity index (χ2n) is 0.854. The summed E-state index contributed by atoms with van der Waals surface area (Å²) in [5.74, 6) is 0. The molecule has 29 valence electrons. The topological polar surface area (TPSA) is 12.0 Å². The van der Waals surface area contributed by atoms with Crippen LogP contribution in [0.25, 0.3) is 0 Å². The van der Waals surface area contributed by atoms with Gasteiger partial charge in [0.15, 0.2) is 0 Å². The molecule has 0 unspecified atom stereocenters. The van der Waals surface area contributed by atoms with Gasteiger partial charge in [0, 0.05) is 0 Å². The van der Waals surface area contributed by atoms with Gasteiger partial charge in [0.1, 0.15) is 0 Å². The third-order valence-electron chi connectivity index (χ3n) is 0.375. The predicted molar refractivity (Wildman–Crippen MR) is 24.5 cm³/mol. The maximum absolute atomic E-state index is 3.04. The first-order valence-electron chi connectivity index (χ1n) is 1.71. The van der Waals surface area contributed by atoms with Crippen LogP contribution >= 0.6 is 0 Å². The van der Waals surface area contributed by atoms with Crippen molar-refractivity contribution in [3.05, 3.63) is 0 Å². The molecule has 0 fully saturated rings. The van der Waals surface area contributed by atoms with Gasteiger partial charge in [-0.05, 0) is 0 Å². The van der Waals surface area contributed by atoms with Gasteiger partial charge in [0.05, 0.1) is 0 Å². The van der Waals surface area contributed by atoms with Gasteiger partial charge in [0.2, 0.25) is 0 Å². The van der Waals surface area contributed by atoms with Crippen molar-refractivity contribution < 1.29 is 0 Å². The number of nitrogens with one attached hydrogen (secondary N) is 1. The summed E-state index contributed by atoms with van der Waals surface area (Å²) in [6.45, 7) is 1.18. The molecule has 0 amide bonds. The Labute approximate surface area is 46.2 Å². The first kappa shape index (κ1) is 5.76. The third-order valence-corrected chi connectivity index (χ3v) is 1.09. The molecule has 0 bridgehead atoms. The van der Waals surface area contributed by atoms with Gasteiger partial charge in [-0.15, -0.1) is 0 Å². The molecule has 0 aromatic rings. The fraction of sp³-hybridized carbons (Fsp3) is 1.00.